The third-order valence-corrected chi connectivity index (χ3v) is 2.33. The van der Waals surface area contributed by atoms with E-state index in [1.165, 1.54) is 7.11 Å². The van der Waals surface area contributed by atoms with Crippen LogP contribution in [0.15, 0.2) is 12.1 Å². The van der Waals surface area contributed by atoms with Gasteiger partial charge in [0.25, 0.3) is 0 Å². The van der Waals surface area contributed by atoms with E-state index in [2.05, 4.69) is 0 Å². The maximum Gasteiger partial charge on any atom is 0.320 e. The van der Waals surface area contributed by atoms with Crippen molar-refractivity contribution in [1.29, 1.82) is 0 Å². The molecule has 3 N–H and O–H groups in total. The zero-order valence-corrected chi connectivity index (χ0v) is 9.16. The first-order valence-corrected chi connectivity index (χ1v) is 4.77. The van der Waals surface area contributed by atoms with Gasteiger partial charge in [-0.3, -0.25) is 4.79 Å². The Morgan fingerprint density at radius 2 is 2.25 bits per heavy atom. The average Bonchev–Trinajstić information content (AvgIpc) is 2.23. The van der Waals surface area contributed by atoms with Crippen molar-refractivity contribution in [3.05, 3.63) is 29.1 Å². The van der Waals surface area contributed by atoms with E-state index in [4.69, 9.17) is 15.6 Å². The van der Waals surface area contributed by atoms with Crippen molar-refractivity contribution < 1.29 is 19.0 Å². The van der Waals surface area contributed by atoms with Crippen molar-refractivity contribution in [3.63, 3.8) is 0 Å². The highest BCUT2D eigenvalue weighted by Gasteiger charge is 2.18. The van der Waals surface area contributed by atoms with Crippen molar-refractivity contribution >= 4 is 5.97 Å². The molecule has 4 nitrogen and oxygen atoms in total. The van der Waals surface area contributed by atoms with Crippen LogP contribution in [0.2, 0.25) is 0 Å². The molecule has 5 heteroatoms. The predicted molar refractivity (Wildman–Crippen MR) is 57.0 cm³/mol. The monoisotopic (exact) mass is 227 g/mol. The molecular weight excluding hydrogens is 213 g/mol. The number of rotatable bonds is 4. The van der Waals surface area contributed by atoms with E-state index >= 15 is 0 Å². The summed E-state index contributed by atoms with van der Waals surface area (Å²) in [7, 11) is 1.34. The predicted octanol–water partition coefficient (Wildman–Crippen LogP) is 1.10. The number of carbonyl (C=O) groups is 1. The number of hydrogen-bond acceptors (Lipinski definition) is 3. The van der Waals surface area contributed by atoms with Gasteiger partial charge >= 0.3 is 5.97 Å². The quantitative estimate of drug-likeness (QED) is 0.807. The van der Waals surface area contributed by atoms with E-state index in [-0.39, 0.29) is 12.2 Å². The first kappa shape index (κ1) is 12.4. The van der Waals surface area contributed by atoms with Gasteiger partial charge in [0.2, 0.25) is 0 Å². The number of benzene rings is 1. The summed E-state index contributed by atoms with van der Waals surface area (Å²) in [6.45, 7) is 1.61. The minimum Gasteiger partial charge on any atom is -0.493 e. The summed E-state index contributed by atoms with van der Waals surface area (Å²) in [6, 6.07) is 2.14. The van der Waals surface area contributed by atoms with Crippen LogP contribution in [0.1, 0.15) is 11.1 Å². The summed E-state index contributed by atoms with van der Waals surface area (Å²) >= 11 is 0. The summed E-state index contributed by atoms with van der Waals surface area (Å²) < 4.78 is 18.5. The number of carboxylic acids is 1. The van der Waals surface area contributed by atoms with E-state index < -0.39 is 17.8 Å². The van der Waals surface area contributed by atoms with Crippen molar-refractivity contribution in [3.8, 4) is 5.75 Å². The Kier molecular flexibility index (Phi) is 3.84. The van der Waals surface area contributed by atoms with Gasteiger partial charge in [0.05, 0.1) is 7.11 Å². The molecule has 0 saturated carbocycles. The largest absolute Gasteiger partial charge is 0.493 e. The number of methoxy groups -OCH3 is 1. The van der Waals surface area contributed by atoms with Gasteiger partial charge in [0.15, 0.2) is 11.6 Å². The molecule has 0 heterocycles. The normalized spacial score (nSPS) is 12.2. The van der Waals surface area contributed by atoms with Crippen LogP contribution in [0, 0.1) is 12.7 Å². The lowest BCUT2D eigenvalue weighted by atomic mass is 10.0. The minimum absolute atomic E-state index is 0.0374. The van der Waals surface area contributed by atoms with Crippen LogP contribution in [0.25, 0.3) is 0 Å². The molecule has 0 aromatic heterocycles. The van der Waals surface area contributed by atoms with Crippen molar-refractivity contribution in [2.24, 2.45) is 5.73 Å². The molecule has 0 aliphatic rings. The number of carboxylic acid groups (broad SMARTS) is 1. The fourth-order valence-corrected chi connectivity index (χ4v) is 1.40. The molecule has 0 aliphatic heterocycles. The lowest BCUT2D eigenvalue weighted by Crippen LogP contribution is -2.32. The molecule has 1 unspecified atom stereocenters. The molecule has 88 valence electrons. The second kappa shape index (κ2) is 4.94. The Morgan fingerprint density at radius 1 is 1.62 bits per heavy atom. The standard InChI is InChI=1S/C11H14FNO3/c1-6-3-4-7(5-8(13)11(14)15)10(16-2)9(6)12/h3-4,8H,5,13H2,1-2H3,(H,14,15). The Bertz CT molecular complexity index is 406. The molecule has 1 aromatic rings. The van der Waals surface area contributed by atoms with Gasteiger partial charge in [0, 0.05) is 6.42 Å². The number of hydrogen-bond donors (Lipinski definition) is 2. The number of ether oxygens (including phenoxy) is 1. The molecule has 0 spiro atoms. The highest BCUT2D eigenvalue weighted by Crippen LogP contribution is 2.26. The lowest BCUT2D eigenvalue weighted by Gasteiger charge is -2.12. The fourth-order valence-electron chi connectivity index (χ4n) is 1.40. The molecular formula is C11H14FNO3. The Hall–Kier alpha value is -1.62. The average molecular weight is 227 g/mol. The van der Waals surface area contributed by atoms with Crippen LogP contribution >= 0.6 is 0 Å². The van der Waals surface area contributed by atoms with Crippen molar-refractivity contribution in [2.45, 2.75) is 19.4 Å². The van der Waals surface area contributed by atoms with Gasteiger partial charge < -0.3 is 15.6 Å². The Labute approximate surface area is 92.8 Å². The van der Waals surface area contributed by atoms with Gasteiger partial charge in [-0.15, -0.1) is 0 Å². The van der Waals surface area contributed by atoms with Crippen LogP contribution in [0.3, 0.4) is 0 Å². The van der Waals surface area contributed by atoms with Crippen LogP contribution in [-0.2, 0) is 11.2 Å². The third-order valence-electron chi connectivity index (χ3n) is 2.33. The Balaban J connectivity index is 3.05. The molecule has 1 aromatic carbocycles. The van der Waals surface area contributed by atoms with Crippen molar-refractivity contribution in [1.82, 2.24) is 0 Å². The van der Waals surface area contributed by atoms with Crippen molar-refractivity contribution in [2.75, 3.05) is 7.11 Å². The molecule has 0 radical (unpaired) electrons. The van der Waals surface area contributed by atoms with Gasteiger partial charge in [-0.2, -0.15) is 0 Å². The molecule has 0 aliphatic carbocycles. The SMILES string of the molecule is COc1c(CC(N)C(=O)O)ccc(C)c1F. The van der Waals surface area contributed by atoms with Crippen LogP contribution < -0.4 is 10.5 Å². The van der Waals surface area contributed by atoms with Gasteiger partial charge in [-0.25, -0.2) is 4.39 Å². The topological polar surface area (TPSA) is 72.5 Å². The zero-order chi connectivity index (χ0) is 12.3. The molecule has 0 fully saturated rings. The fraction of sp³-hybridized carbons (Fsp3) is 0.364. The summed E-state index contributed by atoms with van der Waals surface area (Å²) in [5.74, 6) is -1.53. The van der Waals surface area contributed by atoms with Gasteiger partial charge in [0.1, 0.15) is 6.04 Å². The maximum absolute atomic E-state index is 13.6. The van der Waals surface area contributed by atoms with Gasteiger partial charge in [-0.05, 0) is 18.1 Å². The van der Waals surface area contributed by atoms with Crippen LogP contribution in [0.4, 0.5) is 4.39 Å². The molecule has 1 rings (SSSR count). The number of aryl methyl sites for hydroxylation is 1. The van der Waals surface area contributed by atoms with Crippen LogP contribution in [0.5, 0.6) is 5.75 Å². The summed E-state index contributed by atoms with van der Waals surface area (Å²) in [4.78, 5) is 10.6. The van der Waals surface area contributed by atoms with E-state index in [0.717, 1.165) is 0 Å². The summed E-state index contributed by atoms with van der Waals surface area (Å²) in [5, 5.41) is 8.67. The highest BCUT2D eigenvalue weighted by atomic mass is 19.1. The third kappa shape index (κ3) is 2.49. The molecule has 0 amide bonds. The zero-order valence-electron chi connectivity index (χ0n) is 9.16. The van der Waals surface area contributed by atoms with E-state index in [1.807, 2.05) is 0 Å². The number of halogens is 1. The molecule has 0 saturated heterocycles. The van der Waals surface area contributed by atoms with Crippen LogP contribution in [-0.4, -0.2) is 24.2 Å². The lowest BCUT2D eigenvalue weighted by molar-refractivity contribution is -0.138. The summed E-state index contributed by atoms with van der Waals surface area (Å²) in [5.41, 5.74) is 6.29. The first-order chi connectivity index (χ1) is 7.47. The maximum atomic E-state index is 13.6. The smallest absolute Gasteiger partial charge is 0.320 e. The van der Waals surface area contributed by atoms with E-state index in [0.29, 0.717) is 11.1 Å². The number of nitrogens with two attached hydrogens (primary N) is 1. The Morgan fingerprint density at radius 3 is 2.75 bits per heavy atom. The molecule has 0 bridgehead atoms. The second-order valence-electron chi connectivity index (χ2n) is 3.54. The molecule has 16 heavy (non-hydrogen) atoms. The number of aliphatic carboxylic acids is 1. The summed E-state index contributed by atoms with van der Waals surface area (Å²) in [6.07, 6.45) is 0.0374. The van der Waals surface area contributed by atoms with E-state index in [1.54, 1.807) is 19.1 Å². The molecule has 1 atom stereocenters. The van der Waals surface area contributed by atoms with Gasteiger partial charge in [-0.1, -0.05) is 12.1 Å². The van der Waals surface area contributed by atoms with E-state index in [9.17, 15) is 9.18 Å². The first-order valence-electron chi connectivity index (χ1n) is 4.77. The highest BCUT2D eigenvalue weighted by molar-refractivity contribution is 5.73. The minimum atomic E-state index is -1.12. The second-order valence-corrected chi connectivity index (χ2v) is 3.54.